The third-order valence-electron chi connectivity index (χ3n) is 9.71. The van der Waals surface area contributed by atoms with E-state index in [1.165, 1.54) is 39.0 Å². The van der Waals surface area contributed by atoms with Crippen molar-refractivity contribution in [1.82, 2.24) is 0 Å². The Balaban J connectivity index is 1.34. The lowest BCUT2D eigenvalue weighted by atomic mass is 9.79. The van der Waals surface area contributed by atoms with Crippen LogP contribution >= 0.6 is 0 Å². The monoisotopic (exact) mass is 623 g/mol. The fraction of sp³-hybridized carbons (Fsp3) is 0.178. The molecule has 0 saturated heterocycles. The number of hydrogen-bond acceptors (Lipinski definition) is 1. The number of fused-ring (bicyclic) bond motifs is 3. The topological polar surface area (TPSA) is 37.1 Å². The van der Waals surface area contributed by atoms with Crippen LogP contribution in [0.5, 0.6) is 0 Å². The van der Waals surface area contributed by atoms with Crippen LogP contribution in [0, 0.1) is 5.92 Å². The third-order valence-corrected chi connectivity index (χ3v) is 9.71. The second kappa shape index (κ2) is 13.4. The number of hydrogen-bond donors (Lipinski definition) is 0. The van der Waals surface area contributed by atoms with Gasteiger partial charge in [-0.2, -0.15) is 0 Å². The molecule has 0 aromatic heterocycles. The van der Waals surface area contributed by atoms with E-state index in [2.05, 4.69) is 166 Å². The Labute approximate surface area is 284 Å². The Kier molecular flexibility index (Phi) is 8.69. The van der Waals surface area contributed by atoms with E-state index in [0.717, 1.165) is 35.1 Å². The number of rotatable bonds is 7. The van der Waals surface area contributed by atoms with Crippen LogP contribution in [0.3, 0.4) is 0 Å². The maximum absolute atomic E-state index is 5.34. The molecule has 0 radical (unpaired) electrons. The zero-order chi connectivity index (χ0) is 33.1. The van der Waals surface area contributed by atoms with E-state index >= 15 is 0 Å². The molecule has 0 saturated carbocycles. The number of benzene rings is 5. The Bertz CT molecular complexity index is 2100. The minimum absolute atomic E-state index is 0.217. The number of aryl methyl sites for hydroxylation is 1. The average molecular weight is 624 g/mol. The van der Waals surface area contributed by atoms with Gasteiger partial charge in [-0.15, -0.1) is 0 Å². The summed E-state index contributed by atoms with van der Waals surface area (Å²) in [5, 5.41) is 0. The highest BCUT2D eigenvalue weighted by Gasteiger charge is 2.38. The molecule has 5 aromatic carbocycles. The first-order chi connectivity index (χ1) is 23.5. The third kappa shape index (κ3) is 6.04. The number of amidine groups is 2. The minimum Gasteiger partial charge on any atom is -0.266 e. The van der Waals surface area contributed by atoms with Gasteiger partial charge in [0.25, 0.3) is 0 Å². The Hall–Kier alpha value is -5.41. The van der Waals surface area contributed by atoms with E-state index in [-0.39, 0.29) is 11.3 Å². The summed E-state index contributed by atoms with van der Waals surface area (Å²) in [5.74, 6) is 1.51. The quantitative estimate of drug-likeness (QED) is 0.128. The van der Waals surface area contributed by atoms with E-state index in [9.17, 15) is 0 Å². The molecule has 0 bridgehead atoms. The molecular weight excluding hydrogens is 583 g/mol. The van der Waals surface area contributed by atoms with Crippen LogP contribution < -0.4 is 0 Å². The smallest absolute Gasteiger partial charge is 0.161 e. The van der Waals surface area contributed by atoms with Gasteiger partial charge < -0.3 is 0 Å². The van der Waals surface area contributed by atoms with Gasteiger partial charge in [0.1, 0.15) is 0 Å². The molecular formula is C45H41N3. The lowest BCUT2D eigenvalue weighted by Crippen LogP contribution is -2.20. The van der Waals surface area contributed by atoms with Crippen molar-refractivity contribution in [3.63, 3.8) is 0 Å². The van der Waals surface area contributed by atoms with Crippen LogP contribution in [-0.2, 0) is 11.8 Å². The first-order valence-corrected chi connectivity index (χ1v) is 16.9. The molecule has 2 aliphatic carbocycles. The summed E-state index contributed by atoms with van der Waals surface area (Å²) in [6.07, 6.45) is 8.79. The molecule has 3 heteroatoms. The van der Waals surface area contributed by atoms with Crippen LogP contribution in [0.2, 0.25) is 0 Å². The molecule has 0 N–H and O–H groups in total. The molecule has 236 valence electrons. The molecule has 1 unspecified atom stereocenters. The van der Waals surface area contributed by atoms with Gasteiger partial charge in [-0.05, 0) is 75.7 Å². The molecule has 7 rings (SSSR count). The van der Waals surface area contributed by atoms with Crippen molar-refractivity contribution in [3.8, 4) is 22.3 Å². The van der Waals surface area contributed by atoms with Crippen molar-refractivity contribution in [2.75, 3.05) is 6.54 Å². The SMILES string of the molecule is C=NC(=NC(=NCC1C=C(c2ccccc2)C=CC1)c1cccc2c1C(C)(C)c1cc(CC)ccc1-2)c1cccc(-c2ccccc2)c1. The molecule has 3 nitrogen and oxygen atoms in total. The van der Waals surface area contributed by atoms with Gasteiger partial charge >= 0.3 is 0 Å². The van der Waals surface area contributed by atoms with Gasteiger partial charge in [0, 0.05) is 29.0 Å². The molecule has 2 aliphatic rings. The molecule has 0 spiro atoms. The first-order valence-electron chi connectivity index (χ1n) is 16.9. The maximum Gasteiger partial charge on any atom is 0.161 e. The lowest BCUT2D eigenvalue weighted by Gasteiger charge is -2.25. The Morgan fingerprint density at radius 1 is 0.750 bits per heavy atom. The van der Waals surface area contributed by atoms with Crippen LogP contribution in [-0.4, -0.2) is 24.9 Å². The van der Waals surface area contributed by atoms with Crippen LogP contribution in [0.15, 0.2) is 155 Å². The van der Waals surface area contributed by atoms with E-state index in [1.54, 1.807) is 0 Å². The summed E-state index contributed by atoms with van der Waals surface area (Å²) >= 11 is 0. The molecule has 1 atom stereocenters. The molecule has 48 heavy (non-hydrogen) atoms. The summed E-state index contributed by atoms with van der Waals surface area (Å²) in [5.41, 5.74) is 13.0. The van der Waals surface area contributed by atoms with Crippen molar-refractivity contribution >= 4 is 24.0 Å². The van der Waals surface area contributed by atoms with Crippen LogP contribution in [0.1, 0.15) is 60.6 Å². The summed E-state index contributed by atoms with van der Waals surface area (Å²) < 4.78 is 0. The first kappa shape index (κ1) is 31.2. The van der Waals surface area contributed by atoms with Gasteiger partial charge in [0.15, 0.2) is 11.7 Å². The van der Waals surface area contributed by atoms with Gasteiger partial charge in [0.05, 0.1) is 0 Å². The van der Waals surface area contributed by atoms with Crippen LogP contribution in [0.25, 0.3) is 27.8 Å². The minimum atomic E-state index is -0.217. The van der Waals surface area contributed by atoms with E-state index < -0.39 is 0 Å². The van der Waals surface area contributed by atoms with Crippen molar-refractivity contribution in [2.24, 2.45) is 20.9 Å². The molecule has 0 heterocycles. The van der Waals surface area contributed by atoms with Gasteiger partial charge in [-0.25, -0.2) is 9.98 Å². The zero-order valence-corrected chi connectivity index (χ0v) is 28.0. The van der Waals surface area contributed by atoms with Crippen molar-refractivity contribution in [2.45, 2.75) is 39.0 Å². The van der Waals surface area contributed by atoms with Crippen LogP contribution in [0.4, 0.5) is 0 Å². The van der Waals surface area contributed by atoms with Gasteiger partial charge in [0.2, 0.25) is 0 Å². The molecule has 5 aromatic rings. The second-order valence-electron chi connectivity index (χ2n) is 13.2. The Morgan fingerprint density at radius 3 is 2.23 bits per heavy atom. The number of aliphatic imine (C=N–C) groups is 3. The highest BCUT2D eigenvalue weighted by atomic mass is 15.0. The molecule has 0 amide bonds. The zero-order valence-electron chi connectivity index (χ0n) is 28.0. The Morgan fingerprint density at radius 2 is 1.48 bits per heavy atom. The van der Waals surface area contributed by atoms with Crippen molar-refractivity contribution < 1.29 is 0 Å². The highest BCUT2D eigenvalue weighted by molar-refractivity contribution is 6.14. The van der Waals surface area contributed by atoms with Gasteiger partial charge in [-0.3, -0.25) is 4.99 Å². The van der Waals surface area contributed by atoms with E-state index in [1.807, 2.05) is 6.07 Å². The normalized spacial score (nSPS) is 16.6. The predicted octanol–water partition coefficient (Wildman–Crippen LogP) is 10.8. The number of allylic oxidation sites excluding steroid dienone is 3. The van der Waals surface area contributed by atoms with Gasteiger partial charge in [-0.1, -0.05) is 154 Å². The standard InChI is InChI=1S/C45H41N3/c1-5-31-25-26-38-39-23-14-24-40(42(39)45(2,3)41(38)28-31)44(47-30-32-15-12-20-35(27-32)33-16-8-6-9-17-33)48-43(46-4)37-22-13-21-36(29-37)34-18-10-7-11-19-34/h6-14,16-29,32H,4-5,15,30H2,1-3H3. The largest absolute Gasteiger partial charge is 0.266 e. The fourth-order valence-corrected chi connectivity index (χ4v) is 7.18. The molecule has 0 fully saturated rings. The van der Waals surface area contributed by atoms with E-state index in [4.69, 9.17) is 9.98 Å². The summed E-state index contributed by atoms with van der Waals surface area (Å²) in [7, 11) is 0. The summed E-state index contributed by atoms with van der Waals surface area (Å²) in [6, 6.07) is 42.9. The number of nitrogens with zero attached hydrogens (tertiary/aromatic N) is 3. The van der Waals surface area contributed by atoms with E-state index in [0.29, 0.717) is 18.2 Å². The average Bonchev–Trinajstić information content (AvgIpc) is 3.38. The fourth-order valence-electron chi connectivity index (χ4n) is 7.18. The summed E-state index contributed by atoms with van der Waals surface area (Å²) in [4.78, 5) is 15.1. The predicted molar refractivity (Wildman–Crippen MR) is 204 cm³/mol. The van der Waals surface area contributed by atoms with Crippen molar-refractivity contribution in [3.05, 3.63) is 173 Å². The molecule has 0 aliphatic heterocycles. The highest BCUT2D eigenvalue weighted by Crippen LogP contribution is 2.50. The van der Waals surface area contributed by atoms with Crippen molar-refractivity contribution in [1.29, 1.82) is 0 Å². The maximum atomic E-state index is 5.34. The lowest BCUT2D eigenvalue weighted by molar-refractivity contribution is 0.656. The second-order valence-corrected chi connectivity index (χ2v) is 13.2. The summed E-state index contributed by atoms with van der Waals surface area (Å²) in [6.45, 7) is 11.5.